The lowest BCUT2D eigenvalue weighted by atomic mass is 9.83. The third-order valence-corrected chi connectivity index (χ3v) is 7.98. The molecule has 5 rings (SSSR count). The van der Waals surface area contributed by atoms with Gasteiger partial charge < -0.3 is 11.1 Å². The molecule has 4 aromatic rings. The van der Waals surface area contributed by atoms with Crippen LogP contribution < -0.4 is 11.1 Å². The number of carbonyl (C=O) groups excluding carboxylic acids is 3. The number of ketones is 2. The highest BCUT2D eigenvalue weighted by molar-refractivity contribution is 8.00. The van der Waals surface area contributed by atoms with Crippen molar-refractivity contribution in [2.45, 2.75) is 14.7 Å². The molecule has 4 aromatic carbocycles. The van der Waals surface area contributed by atoms with Crippen LogP contribution in [-0.2, 0) is 10.1 Å². The number of nitrogens with one attached hydrogen (secondary N) is 1. The minimum Gasteiger partial charge on any atom is -0.399 e. The van der Waals surface area contributed by atoms with Crippen molar-refractivity contribution in [3.63, 3.8) is 0 Å². The van der Waals surface area contributed by atoms with Crippen LogP contribution in [0.4, 0.5) is 11.4 Å². The van der Waals surface area contributed by atoms with E-state index in [2.05, 4.69) is 5.32 Å². The van der Waals surface area contributed by atoms with Crippen LogP contribution in [0.25, 0.3) is 0 Å². The van der Waals surface area contributed by atoms with Gasteiger partial charge in [0.1, 0.15) is 4.90 Å². The second kappa shape index (κ2) is 9.32. The van der Waals surface area contributed by atoms with E-state index in [1.807, 2.05) is 0 Å². The van der Waals surface area contributed by atoms with Crippen molar-refractivity contribution in [1.29, 1.82) is 0 Å². The summed E-state index contributed by atoms with van der Waals surface area (Å²) in [5.41, 5.74) is 7.14. The molecule has 1 aliphatic carbocycles. The van der Waals surface area contributed by atoms with Gasteiger partial charge in [-0.2, -0.15) is 8.42 Å². The molecule has 0 heterocycles. The van der Waals surface area contributed by atoms with E-state index in [1.165, 1.54) is 30.3 Å². The number of hydrogen-bond donors (Lipinski definition) is 3. The quantitative estimate of drug-likeness (QED) is 0.219. The topological polar surface area (TPSA) is 144 Å². The number of fused-ring (bicyclic) bond motifs is 2. The first-order valence-electron chi connectivity index (χ1n) is 10.9. The Bertz CT molecular complexity index is 1710. The second-order valence-electron chi connectivity index (χ2n) is 8.17. The number of benzene rings is 4. The average molecular weight is 531 g/mol. The molecule has 0 spiro atoms. The molecule has 0 saturated carbocycles. The van der Waals surface area contributed by atoms with Gasteiger partial charge in [-0.25, -0.2) is 0 Å². The van der Waals surface area contributed by atoms with E-state index in [0.29, 0.717) is 16.1 Å². The summed E-state index contributed by atoms with van der Waals surface area (Å²) < 4.78 is 33.3. The summed E-state index contributed by atoms with van der Waals surface area (Å²) in [6.07, 6.45) is 0. The molecule has 0 unspecified atom stereocenters. The van der Waals surface area contributed by atoms with Crippen LogP contribution in [0.5, 0.6) is 0 Å². The highest BCUT2D eigenvalue weighted by Gasteiger charge is 2.34. The maximum Gasteiger partial charge on any atom is 0.295 e. The summed E-state index contributed by atoms with van der Waals surface area (Å²) in [6.45, 7) is 0. The van der Waals surface area contributed by atoms with Crippen molar-refractivity contribution in [1.82, 2.24) is 0 Å². The van der Waals surface area contributed by atoms with Gasteiger partial charge in [-0.1, -0.05) is 48.2 Å². The molecule has 0 aliphatic heterocycles. The van der Waals surface area contributed by atoms with E-state index in [0.717, 1.165) is 11.8 Å². The molecule has 10 heteroatoms. The summed E-state index contributed by atoms with van der Waals surface area (Å²) in [5, 5.41) is 2.71. The standard InChI is InChI=1S/C27H18N2O6S2/c28-16-13-11-15(12-14-16)27(32)29-19-7-3-5-17-23(19)25(30)18-6-4-9-21(24(18)26(17)31)36-20-8-1-2-10-22(20)37(33,34)35/h1-14H,28H2,(H,29,32)(H,33,34,35). The SMILES string of the molecule is Nc1ccc(C(=O)Nc2cccc3c2C(=O)c2cccc(Sc4ccccc4S(=O)(=O)O)c2C3=O)cc1. The van der Waals surface area contributed by atoms with Crippen molar-refractivity contribution in [3.8, 4) is 0 Å². The first-order valence-corrected chi connectivity index (χ1v) is 13.2. The lowest BCUT2D eigenvalue weighted by Gasteiger charge is -2.22. The van der Waals surface area contributed by atoms with Crippen LogP contribution in [0.2, 0.25) is 0 Å². The van der Waals surface area contributed by atoms with Gasteiger partial charge in [0.05, 0.1) is 11.3 Å². The van der Waals surface area contributed by atoms with Crippen LogP contribution >= 0.6 is 11.8 Å². The first-order chi connectivity index (χ1) is 17.6. The van der Waals surface area contributed by atoms with Gasteiger partial charge in [0.2, 0.25) is 0 Å². The van der Waals surface area contributed by atoms with Crippen LogP contribution in [0, 0.1) is 0 Å². The Morgan fingerprint density at radius 1 is 0.757 bits per heavy atom. The molecule has 0 fully saturated rings. The summed E-state index contributed by atoms with van der Waals surface area (Å²) >= 11 is 0.957. The normalized spacial score (nSPS) is 12.6. The molecule has 0 aromatic heterocycles. The third-order valence-electron chi connectivity index (χ3n) is 5.80. The Morgan fingerprint density at radius 3 is 2.05 bits per heavy atom. The molecule has 184 valence electrons. The number of carbonyl (C=O) groups is 3. The highest BCUT2D eigenvalue weighted by Crippen LogP contribution is 2.40. The molecule has 0 radical (unpaired) electrons. The maximum absolute atomic E-state index is 13.6. The second-order valence-corrected chi connectivity index (χ2v) is 10.6. The summed E-state index contributed by atoms with van der Waals surface area (Å²) in [7, 11) is -4.51. The Morgan fingerprint density at radius 2 is 1.35 bits per heavy atom. The first kappa shape index (κ1) is 24.4. The van der Waals surface area contributed by atoms with Gasteiger partial charge in [0.15, 0.2) is 11.6 Å². The Balaban J connectivity index is 1.55. The molecule has 8 nitrogen and oxygen atoms in total. The van der Waals surface area contributed by atoms with E-state index >= 15 is 0 Å². The molecule has 37 heavy (non-hydrogen) atoms. The fraction of sp³-hybridized carbons (Fsp3) is 0. The van der Waals surface area contributed by atoms with Crippen LogP contribution in [0.1, 0.15) is 42.2 Å². The molecule has 1 amide bonds. The predicted molar refractivity (Wildman–Crippen MR) is 139 cm³/mol. The van der Waals surface area contributed by atoms with E-state index in [9.17, 15) is 27.4 Å². The smallest absolute Gasteiger partial charge is 0.295 e. The van der Waals surface area contributed by atoms with E-state index < -0.39 is 27.6 Å². The fourth-order valence-electron chi connectivity index (χ4n) is 4.09. The van der Waals surface area contributed by atoms with Crippen molar-refractivity contribution in [2.75, 3.05) is 11.1 Å². The van der Waals surface area contributed by atoms with Gasteiger partial charge in [-0.05, 0) is 48.5 Å². The number of rotatable bonds is 5. The minimum absolute atomic E-state index is 0.0734. The highest BCUT2D eigenvalue weighted by atomic mass is 32.2. The van der Waals surface area contributed by atoms with Gasteiger partial charge in [0, 0.05) is 37.7 Å². The van der Waals surface area contributed by atoms with Crippen molar-refractivity contribution in [2.24, 2.45) is 0 Å². The van der Waals surface area contributed by atoms with Gasteiger partial charge in [-0.15, -0.1) is 0 Å². The van der Waals surface area contributed by atoms with Crippen molar-refractivity contribution < 1.29 is 27.4 Å². The molecule has 0 atom stereocenters. The van der Waals surface area contributed by atoms with E-state index in [-0.39, 0.29) is 37.7 Å². The average Bonchev–Trinajstić information content (AvgIpc) is 2.87. The van der Waals surface area contributed by atoms with Crippen molar-refractivity contribution >= 4 is 50.7 Å². The number of anilines is 2. The lowest BCUT2D eigenvalue weighted by molar-refractivity contribution is 0.0976. The molecular formula is C27H18N2O6S2. The number of nitrogens with two attached hydrogens (primary N) is 1. The van der Waals surface area contributed by atoms with Crippen LogP contribution in [-0.4, -0.2) is 30.4 Å². The minimum atomic E-state index is -4.51. The van der Waals surface area contributed by atoms with Gasteiger partial charge in [0.25, 0.3) is 16.0 Å². The fourth-order valence-corrected chi connectivity index (χ4v) is 6.11. The summed E-state index contributed by atoms with van der Waals surface area (Å²) in [5.74, 6) is -1.37. The molecule has 1 aliphatic rings. The molecule has 4 N–H and O–H groups in total. The lowest BCUT2D eigenvalue weighted by Crippen LogP contribution is -2.24. The maximum atomic E-state index is 13.6. The molecule has 0 bridgehead atoms. The van der Waals surface area contributed by atoms with Crippen LogP contribution in [0.3, 0.4) is 0 Å². The van der Waals surface area contributed by atoms with Crippen molar-refractivity contribution in [3.05, 3.63) is 113 Å². The van der Waals surface area contributed by atoms with Gasteiger partial charge in [-0.3, -0.25) is 18.9 Å². The third kappa shape index (κ3) is 4.53. The Hall–Kier alpha value is -4.25. The van der Waals surface area contributed by atoms with Crippen LogP contribution in [0.15, 0.2) is 99.6 Å². The number of hydrogen-bond acceptors (Lipinski definition) is 7. The molecular weight excluding hydrogens is 512 g/mol. The monoisotopic (exact) mass is 530 g/mol. The molecule has 0 saturated heterocycles. The number of nitrogen functional groups attached to an aromatic ring is 1. The summed E-state index contributed by atoms with van der Waals surface area (Å²) in [4.78, 5) is 40.3. The number of amides is 1. The van der Waals surface area contributed by atoms with Gasteiger partial charge >= 0.3 is 0 Å². The Kier molecular flexibility index (Phi) is 6.16. The zero-order valence-corrected chi connectivity index (χ0v) is 20.6. The Labute approximate surface area is 216 Å². The predicted octanol–water partition coefficient (Wildman–Crippen LogP) is 4.69. The zero-order chi connectivity index (χ0) is 26.3. The summed E-state index contributed by atoms with van der Waals surface area (Å²) in [6, 6.07) is 21.4. The van der Waals surface area contributed by atoms with E-state index in [1.54, 1.807) is 54.6 Å². The zero-order valence-electron chi connectivity index (χ0n) is 19.0. The van der Waals surface area contributed by atoms with E-state index in [4.69, 9.17) is 5.73 Å². The largest absolute Gasteiger partial charge is 0.399 e.